The van der Waals surface area contributed by atoms with Crippen molar-refractivity contribution in [1.29, 1.82) is 0 Å². The Labute approximate surface area is 124 Å². The molecule has 2 rings (SSSR count). The van der Waals surface area contributed by atoms with E-state index in [1.54, 1.807) is 0 Å². The Morgan fingerprint density at radius 3 is 2.85 bits per heavy atom. The molecule has 2 fully saturated rings. The zero-order chi connectivity index (χ0) is 14.5. The molecule has 0 aromatic carbocycles. The van der Waals surface area contributed by atoms with Crippen molar-refractivity contribution in [3.63, 3.8) is 0 Å². The quantitative estimate of drug-likeness (QED) is 0.837. The highest BCUT2D eigenvalue weighted by Gasteiger charge is 2.29. The first-order chi connectivity index (χ1) is 9.60. The van der Waals surface area contributed by atoms with E-state index in [-0.39, 0.29) is 6.10 Å². The van der Waals surface area contributed by atoms with Crippen LogP contribution in [0.25, 0.3) is 0 Å². The minimum atomic E-state index is 0.239. The van der Waals surface area contributed by atoms with E-state index in [1.165, 1.54) is 12.8 Å². The SMILES string of the molecule is CCC1NC(C)CCC1OCC1CN(C(C)C)CCO1. The zero-order valence-electron chi connectivity index (χ0n) is 13.6. The Morgan fingerprint density at radius 2 is 2.15 bits per heavy atom. The molecule has 4 atom stereocenters. The van der Waals surface area contributed by atoms with Crippen LogP contribution in [0.15, 0.2) is 0 Å². The molecule has 0 bridgehead atoms. The van der Waals surface area contributed by atoms with E-state index in [0.29, 0.717) is 24.2 Å². The van der Waals surface area contributed by atoms with E-state index in [4.69, 9.17) is 9.47 Å². The van der Waals surface area contributed by atoms with E-state index in [0.717, 1.165) is 32.7 Å². The Bertz CT molecular complexity index is 286. The Kier molecular flexibility index (Phi) is 6.27. The molecule has 0 aromatic rings. The van der Waals surface area contributed by atoms with Gasteiger partial charge in [-0.2, -0.15) is 0 Å². The fourth-order valence-electron chi connectivity index (χ4n) is 3.29. The molecule has 0 saturated carbocycles. The maximum absolute atomic E-state index is 6.19. The molecule has 118 valence electrons. The first-order valence-corrected chi connectivity index (χ1v) is 8.33. The third-order valence-corrected chi connectivity index (χ3v) is 4.67. The first-order valence-electron chi connectivity index (χ1n) is 8.33. The van der Waals surface area contributed by atoms with Crippen LogP contribution in [-0.4, -0.2) is 61.5 Å². The lowest BCUT2D eigenvalue weighted by molar-refractivity contribution is -0.101. The standard InChI is InChI=1S/C16H32N2O2/c1-5-15-16(7-6-13(4)17-15)20-11-14-10-18(12(2)3)8-9-19-14/h12-17H,5-11H2,1-4H3. The Morgan fingerprint density at radius 1 is 1.35 bits per heavy atom. The Hall–Kier alpha value is -0.160. The van der Waals surface area contributed by atoms with Gasteiger partial charge in [-0.05, 0) is 40.0 Å². The van der Waals surface area contributed by atoms with Crippen LogP contribution in [-0.2, 0) is 9.47 Å². The highest BCUT2D eigenvalue weighted by atomic mass is 16.5. The molecule has 0 amide bonds. The average Bonchev–Trinajstić information content (AvgIpc) is 2.46. The lowest BCUT2D eigenvalue weighted by Crippen LogP contribution is -2.52. The van der Waals surface area contributed by atoms with Gasteiger partial charge in [0.2, 0.25) is 0 Å². The molecular formula is C16H32N2O2. The zero-order valence-corrected chi connectivity index (χ0v) is 13.6. The van der Waals surface area contributed by atoms with Crippen molar-refractivity contribution in [2.45, 2.75) is 77.3 Å². The summed E-state index contributed by atoms with van der Waals surface area (Å²) in [7, 11) is 0. The van der Waals surface area contributed by atoms with Crippen molar-refractivity contribution >= 4 is 0 Å². The van der Waals surface area contributed by atoms with Gasteiger partial charge >= 0.3 is 0 Å². The number of hydrogen-bond donors (Lipinski definition) is 1. The van der Waals surface area contributed by atoms with Crippen LogP contribution in [0.5, 0.6) is 0 Å². The predicted molar refractivity (Wildman–Crippen MR) is 82.1 cm³/mol. The normalized spacial score (nSPS) is 36.5. The van der Waals surface area contributed by atoms with Gasteiger partial charge in [-0.3, -0.25) is 4.90 Å². The second-order valence-corrected chi connectivity index (χ2v) is 6.61. The topological polar surface area (TPSA) is 33.7 Å². The van der Waals surface area contributed by atoms with Crippen molar-refractivity contribution in [3.8, 4) is 0 Å². The smallest absolute Gasteiger partial charge is 0.0935 e. The van der Waals surface area contributed by atoms with Crippen molar-refractivity contribution < 1.29 is 9.47 Å². The first kappa shape index (κ1) is 16.2. The fraction of sp³-hybridized carbons (Fsp3) is 1.00. The third-order valence-electron chi connectivity index (χ3n) is 4.67. The predicted octanol–water partition coefficient (Wildman–Crippen LogP) is 2.03. The molecule has 4 heteroatoms. The van der Waals surface area contributed by atoms with Gasteiger partial charge in [-0.25, -0.2) is 0 Å². The molecule has 2 saturated heterocycles. The van der Waals surface area contributed by atoms with Gasteiger partial charge in [0.1, 0.15) is 0 Å². The highest BCUT2D eigenvalue weighted by molar-refractivity contribution is 4.85. The third kappa shape index (κ3) is 4.42. The highest BCUT2D eigenvalue weighted by Crippen LogP contribution is 2.20. The van der Waals surface area contributed by atoms with Crippen molar-refractivity contribution in [2.24, 2.45) is 0 Å². The maximum Gasteiger partial charge on any atom is 0.0935 e. The minimum Gasteiger partial charge on any atom is -0.374 e. The summed E-state index contributed by atoms with van der Waals surface area (Å²) in [5.74, 6) is 0. The number of hydrogen-bond acceptors (Lipinski definition) is 4. The molecule has 4 nitrogen and oxygen atoms in total. The monoisotopic (exact) mass is 284 g/mol. The van der Waals surface area contributed by atoms with E-state index < -0.39 is 0 Å². The van der Waals surface area contributed by atoms with Gasteiger partial charge in [0, 0.05) is 31.2 Å². The van der Waals surface area contributed by atoms with E-state index in [9.17, 15) is 0 Å². The van der Waals surface area contributed by atoms with Gasteiger partial charge in [-0.15, -0.1) is 0 Å². The summed E-state index contributed by atoms with van der Waals surface area (Å²) >= 11 is 0. The second-order valence-electron chi connectivity index (χ2n) is 6.61. The van der Waals surface area contributed by atoms with Crippen molar-refractivity contribution in [1.82, 2.24) is 10.2 Å². The molecule has 0 aliphatic carbocycles. The number of nitrogens with one attached hydrogen (secondary N) is 1. The summed E-state index contributed by atoms with van der Waals surface area (Å²) in [5, 5.41) is 3.65. The number of piperidine rings is 1. The van der Waals surface area contributed by atoms with Gasteiger partial charge in [-0.1, -0.05) is 6.92 Å². The molecule has 0 radical (unpaired) electrons. The van der Waals surface area contributed by atoms with Crippen LogP contribution >= 0.6 is 0 Å². The molecule has 0 spiro atoms. The van der Waals surface area contributed by atoms with Crippen LogP contribution < -0.4 is 5.32 Å². The summed E-state index contributed by atoms with van der Waals surface area (Å²) in [6.45, 7) is 12.6. The lowest BCUT2D eigenvalue weighted by atomic mass is 9.95. The van der Waals surface area contributed by atoms with Crippen LogP contribution in [0.4, 0.5) is 0 Å². The van der Waals surface area contributed by atoms with Gasteiger partial charge in [0.25, 0.3) is 0 Å². The van der Waals surface area contributed by atoms with E-state index in [2.05, 4.69) is 37.9 Å². The summed E-state index contributed by atoms with van der Waals surface area (Å²) in [5.41, 5.74) is 0. The summed E-state index contributed by atoms with van der Waals surface area (Å²) in [6.07, 6.45) is 4.12. The lowest BCUT2D eigenvalue weighted by Gasteiger charge is -2.38. The summed E-state index contributed by atoms with van der Waals surface area (Å²) in [6, 6.07) is 1.73. The molecule has 20 heavy (non-hydrogen) atoms. The number of nitrogens with zero attached hydrogens (tertiary/aromatic N) is 1. The molecule has 2 aliphatic heterocycles. The summed E-state index contributed by atoms with van der Waals surface area (Å²) < 4.78 is 12.0. The molecule has 0 aromatic heterocycles. The van der Waals surface area contributed by atoms with Crippen LogP contribution in [0.2, 0.25) is 0 Å². The van der Waals surface area contributed by atoms with Gasteiger partial charge in [0.15, 0.2) is 0 Å². The number of morpholine rings is 1. The molecular weight excluding hydrogens is 252 g/mol. The minimum absolute atomic E-state index is 0.239. The van der Waals surface area contributed by atoms with Crippen LogP contribution in [0.3, 0.4) is 0 Å². The molecule has 4 unspecified atom stereocenters. The van der Waals surface area contributed by atoms with Crippen LogP contribution in [0, 0.1) is 0 Å². The molecule has 1 N–H and O–H groups in total. The number of rotatable bonds is 5. The Balaban J connectivity index is 1.76. The van der Waals surface area contributed by atoms with Crippen molar-refractivity contribution in [2.75, 3.05) is 26.3 Å². The fourth-order valence-corrected chi connectivity index (χ4v) is 3.29. The summed E-state index contributed by atoms with van der Waals surface area (Å²) in [4.78, 5) is 2.48. The average molecular weight is 284 g/mol. The maximum atomic E-state index is 6.19. The number of ether oxygens (including phenoxy) is 2. The van der Waals surface area contributed by atoms with Crippen LogP contribution in [0.1, 0.15) is 47.0 Å². The van der Waals surface area contributed by atoms with Gasteiger partial charge in [0.05, 0.1) is 25.4 Å². The van der Waals surface area contributed by atoms with E-state index in [1.807, 2.05) is 0 Å². The molecule has 2 aliphatic rings. The van der Waals surface area contributed by atoms with Gasteiger partial charge < -0.3 is 14.8 Å². The second kappa shape index (κ2) is 7.74. The molecule has 2 heterocycles. The van der Waals surface area contributed by atoms with Crippen molar-refractivity contribution in [3.05, 3.63) is 0 Å². The van der Waals surface area contributed by atoms with E-state index >= 15 is 0 Å². The largest absolute Gasteiger partial charge is 0.374 e.